The molecule has 2 fully saturated rings. The molecule has 1 aromatic heterocycles. The number of carbonyl (C=O) groups is 2. The summed E-state index contributed by atoms with van der Waals surface area (Å²) in [7, 11) is 5.48. The molecule has 0 spiro atoms. The van der Waals surface area contributed by atoms with Gasteiger partial charge in [-0.3, -0.25) is 4.79 Å². The summed E-state index contributed by atoms with van der Waals surface area (Å²) in [5.41, 5.74) is 3.14. The van der Waals surface area contributed by atoms with Crippen molar-refractivity contribution >= 4 is 45.8 Å². The maximum absolute atomic E-state index is 12.9. The van der Waals surface area contributed by atoms with Gasteiger partial charge in [0, 0.05) is 67.1 Å². The van der Waals surface area contributed by atoms with Gasteiger partial charge in [0.2, 0.25) is 5.91 Å². The van der Waals surface area contributed by atoms with Crippen LogP contribution in [0.15, 0.2) is 48.6 Å². The molecule has 0 N–H and O–H groups in total. The molecule has 0 bridgehead atoms. The average Bonchev–Trinajstić information content (AvgIpc) is 3.65. The molecule has 10 nitrogen and oxygen atoms in total. The molecule has 6 rings (SSSR count). The quantitative estimate of drug-likeness (QED) is 0.263. The van der Waals surface area contributed by atoms with E-state index in [0.717, 1.165) is 77.3 Å². The van der Waals surface area contributed by atoms with E-state index in [1.807, 2.05) is 26.1 Å². The van der Waals surface area contributed by atoms with Gasteiger partial charge in [-0.25, -0.2) is 4.79 Å². The number of fused-ring (bicyclic) bond motifs is 2. The molecular formula is C34H41ClN6O4. The van der Waals surface area contributed by atoms with Gasteiger partial charge in [-0.1, -0.05) is 35.9 Å². The third kappa shape index (κ3) is 6.44. The predicted molar refractivity (Wildman–Crippen MR) is 176 cm³/mol. The minimum atomic E-state index is -0.548. The lowest BCUT2D eigenvalue weighted by molar-refractivity contribution is -0.135. The lowest BCUT2D eigenvalue weighted by Crippen LogP contribution is -2.39. The van der Waals surface area contributed by atoms with Crippen molar-refractivity contribution in [3.05, 3.63) is 64.8 Å². The largest absolute Gasteiger partial charge is 0.466 e. The van der Waals surface area contributed by atoms with Crippen LogP contribution >= 0.6 is 11.6 Å². The first-order chi connectivity index (χ1) is 21.7. The molecule has 3 atom stereocenters. The molecule has 45 heavy (non-hydrogen) atoms. The normalized spacial score (nSPS) is 21.8. The Morgan fingerprint density at radius 2 is 1.93 bits per heavy atom. The number of carbonyl (C=O) groups excluding carboxylic acids is 2. The number of anilines is 2. The Kier molecular flexibility index (Phi) is 9.14. The third-order valence-corrected chi connectivity index (χ3v) is 9.87. The second-order valence-electron chi connectivity index (χ2n) is 12.3. The van der Waals surface area contributed by atoms with Crippen molar-refractivity contribution in [1.82, 2.24) is 19.8 Å². The van der Waals surface area contributed by atoms with E-state index >= 15 is 0 Å². The molecule has 1 amide bonds. The van der Waals surface area contributed by atoms with E-state index in [0.29, 0.717) is 31.7 Å². The zero-order valence-electron chi connectivity index (χ0n) is 26.4. The highest BCUT2D eigenvalue weighted by Crippen LogP contribution is 2.37. The Morgan fingerprint density at radius 1 is 1.13 bits per heavy atom. The summed E-state index contributed by atoms with van der Waals surface area (Å²) >= 11 is 6.71. The SMILES string of the molecule is COC(=O)/C=C/C(=O)N1C[C@H](N(C)c2nc(OC[C@@H]3CCCN3C)nc3c2CCN(c2cccc4cccc(Cl)c24)C3)C[C@H]1C. The lowest BCUT2D eigenvalue weighted by Gasteiger charge is -2.35. The first-order valence-corrected chi connectivity index (χ1v) is 16.1. The first kappa shape index (κ1) is 31.1. The number of nitrogens with zero attached hydrogens (tertiary/aromatic N) is 6. The molecule has 0 unspecified atom stereocenters. The fraction of sp³-hybridized carbons (Fsp3) is 0.471. The van der Waals surface area contributed by atoms with E-state index in [1.54, 1.807) is 4.90 Å². The summed E-state index contributed by atoms with van der Waals surface area (Å²) < 4.78 is 11.0. The summed E-state index contributed by atoms with van der Waals surface area (Å²) in [6.07, 6.45) is 6.25. The molecule has 2 saturated heterocycles. The zero-order valence-corrected chi connectivity index (χ0v) is 27.2. The zero-order chi connectivity index (χ0) is 31.7. The fourth-order valence-corrected chi connectivity index (χ4v) is 7.20. The molecule has 2 aromatic carbocycles. The van der Waals surface area contributed by atoms with Crippen molar-refractivity contribution < 1.29 is 19.1 Å². The number of likely N-dealkylation sites (tertiary alicyclic amines) is 2. The number of ether oxygens (including phenoxy) is 2. The van der Waals surface area contributed by atoms with Gasteiger partial charge in [-0.15, -0.1) is 0 Å². The molecule has 11 heteroatoms. The summed E-state index contributed by atoms with van der Waals surface area (Å²) in [6.45, 7) is 5.55. The van der Waals surface area contributed by atoms with E-state index in [4.69, 9.17) is 26.3 Å². The van der Waals surface area contributed by atoms with Gasteiger partial charge in [-0.05, 0) is 63.7 Å². The Labute approximate surface area is 269 Å². The van der Waals surface area contributed by atoms with Crippen LogP contribution in [-0.4, -0.2) is 97.2 Å². The van der Waals surface area contributed by atoms with Crippen LogP contribution in [0, 0.1) is 0 Å². The Bertz CT molecular complexity index is 1610. The van der Waals surface area contributed by atoms with Gasteiger partial charge in [0.1, 0.15) is 12.4 Å². The predicted octanol–water partition coefficient (Wildman–Crippen LogP) is 4.47. The number of hydrogen-bond donors (Lipinski definition) is 0. The minimum absolute atomic E-state index is 0.00476. The van der Waals surface area contributed by atoms with Crippen molar-refractivity contribution in [2.45, 2.75) is 57.3 Å². The van der Waals surface area contributed by atoms with Crippen molar-refractivity contribution in [2.24, 2.45) is 0 Å². The number of benzene rings is 2. The van der Waals surface area contributed by atoms with E-state index in [9.17, 15) is 9.59 Å². The summed E-state index contributed by atoms with van der Waals surface area (Å²) in [5.74, 6) is 0.0946. The monoisotopic (exact) mass is 632 g/mol. The van der Waals surface area contributed by atoms with Crippen LogP contribution < -0.4 is 14.5 Å². The van der Waals surface area contributed by atoms with E-state index in [-0.39, 0.29) is 18.0 Å². The Hall–Kier alpha value is -3.89. The van der Waals surface area contributed by atoms with Gasteiger partial charge in [0.15, 0.2) is 0 Å². The second kappa shape index (κ2) is 13.2. The molecule has 0 aliphatic carbocycles. The summed E-state index contributed by atoms with van der Waals surface area (Å²) in [6, 6.07) is 13.1. The lowest BCUT2D eigenvalue weighted by atomic mass is 10.0. The number of halogens is 1. The number of aromatic nitrogens is 2. The maximum Gasteiger partial charge on any atom is 0.330 e. The van der Waals surface area contributed by atoms with Crippen molar-refractivity contribution in [3.8, 4) is 6.01 Å². The summed E-state index contributed by atoms with van der Waals surface area (Å²) in [5, 5.41) is 2.88. The molecule has 3 aromatic rings. The molecule has 0 saturated carbocycles. The number of methoxy groups -OCH3 is 1. The second-order valence-corrected chi connectivity index (χ2v) is 12.7. The molecule has 3 aliphatic heterocycles. The van der Waals surface area contributed by atoms with Crippen molar-refractivity contribution in [2.75, 3.05) is 57.2 Å². The van der Waals surface area contributed by atoms with Gasteiger partial charge in [0.25, 0.3) is 0 Å². The van der Waals surface area contributed by atoms with Crippen LogP contribution in [0.3, 0.4) is 0 Å². The number of likely N-dealkylation sites (N-methyl/N-ethyl adjacent to an activating group) is 2. The first-order valence-electron chi connectivity index (χ1n) is 15.7. The van der Waals surface area contributed by atoms with E-state index in [2.05, 4.69) is 50.7 Å². The van der Waals surface area contributed by atoms with Crippen LogP contribution in [0.4, 0.5) is 11.5 Å². The van der Waals surface area contributed by atoms with Crippen molar-refractivity contribution in [3.63, 3.8) is 0 Å². The number of hydrogen-bond acceptors (Lipinski definition) is 9. The average molecular weight is 633 g/mol. The topological polar surface area (TPSA) is 91.3 Å². The van der Waals surface area contributed by atoms with Crippen LogP contribution in [0.5, 0.6) is 6.01 Å². The molecule has 0 radical (unpaired) electrons. The van der Waals surface area contributed by atoms with Gasteiger partial charge >= 0.3 is 12.0 Å². The highest BCUT2D eigenvalue weighted by molar-refractivity contribution is 6.36. The molecule has 3 aliphatic rings. The number of amides is 1. The van der Waals surface area contributed by atoms with Crippen LogP contribution in [0.2, 0.25) is 5.02 Å². The fourth-order valence-electron chi connectivity index (χ4n) is 6.92. The van der Waals surface area contributed by atoms with Gasteiger partial charge in [0.05, 0.1) is 24.4 Å². The van der Waals surface area contributed by atoms with Gasteiger partial charge in [-0.2, -0.15) is 9.97 Å². The molecule has 238 valence electrons. The van der Waals surface area contributed by atoms with Crippen LogP contribution in [0.25, 0.3) is 10.8 Å². The maximum atomic E-state index is 12.9. The number of esters is 1. The van der Waals surface area contributed by atoms with E-state index in [1.165, 1.54) is 19.3 Å². The van der Waals surface area contributed by atoms with Crippen molar-refractivity contribution in [1.29, 1.82) is 0 Å². The summed E-state index contributed by atoms with van der Waals surface area (Å²) in [4.78, 5) is 43.1. The smallest absolute Gasteiger partial charge is 0.330 e. The highest BCUT2D eigenvalue weighted by atomic mass is 35.5. The highest BCUT2D eigenvalue weighted by Gasteiger charge is 2.36. The Morgan fingerprint density at radius 3 is 2.69 bits per heavy atom. The Balaban J connectivity index is 1.29. The van der Waals surface area contributed by atoms with Gasteiger partial charge < -0.3 is 29.1 Å². The molecular weight excluding hydrogens is 592 g/mol. The minimum Gasteiger partial charge on any atom is -0.466 e. The molecule has 4 heterocycles. The number of rotatable bonds is 8. The van der Waals surface area contributed by atoms with Crippen LogP contribution in [0.1, 0.15) is 37.4 Å². The van der Waals surface area contributed by atoms with Crippen LogP contribution in [-0.2, 0) is 27.3 Å². The van der Waals surface area contributed by atoms with E-state index < -0.39 is 5.97 Å². The third-order valence-electron chi connectivity index (χ3n) is 9.55. The standard InChI is InChI=1S/C34H41ClN6O4/c1-22-18-25(19-41(22)30(42)13-14-31(43)44-4)39(3)33-26-15-17-40(29-12-6-9-23-8-5-11-27(35)32(23)29)20-28(26)36-34(37-33)45-21-24-10-7-16-38(24)2/h5-6,8-9,11-14,22,24-25H,7,10,15-21H2,1-4H3/b14-13+/t22-,24+,25-/m1/s1.